The average molecular weight is 210 g/mol. The van der Waals surface area contributed by atoms with Crippen LogP contribution in [0.15, 0.2) is 0 Å². The van der Waals surface area contributed by atoms with Crippen LogP contribution in [0.2, 0.25) is 0 Å². The third-order valence-corrected chi connectivity index (χ3v) is 4.20. The monoisotopic (exact) mass is 210 g/mol. The second kappa shape index (κ2) is 4.84. The summed E-state index contributed by atoms with van der Waals surface area (Å²) >= 11 is 0. The summed E-state index contributed by atoms with van der Waals surface area (Å²) in [6, 6.07) is 0. The van der Waals surface area contributed by atoms with Gasteiger partial charge >= 0.3 is 0 Å². The number of likely N-dealkylation sites (tertiary alicyclic amines) is 1. The van der Waals surface area contributed by atoms with Crippen molar-refractivity contribution in [3.8, 4) is 0 Å². The Kier molecular flexibility index (Phi) is 3.68. The first-order valence-corrected chi connectivity index (χ1v) is 6.72. The molecule has 0 bridgehead atoms. The topological polar surface area (TPSA) is 15.3 Å². The number of piperidine rings is 1. The van der Waals surface area contributed by atoms with Gasteiger partial charge in [0.1, 0.15) is 0 Å². The Morgan fingerprint density at radius 2 is 2.33 bits per heavy atom. The molecule has 2 fully saturated rings. The molecule has 2 unspecified atom stereocenters. The van der Waals surface area contributed by atoms with E-state index in [1.807, 2.05) is 0 Å². The Morgan fingerprint density at radius 3 is 3.07 bits per heavy atom. The van der Waals surface area contributed by atoms with Gasteiger partial charge in [0.05, 0.1) is 0 Å². The molecule has 2 saturated heterocycles. The Labute approximate surface area is 94.4 Å². The maximum absolute atomic E-state index is 3.63. The molecule has 0 aromatic carbocycles. The summed E-state index contributed by atoms with van der Waals surface area (Å²) in [7, 11) is 0. The molecule has 1 spiro atoms. The molecule has 0 amide bonds. The maximum Gasteiger partial charge on any atom is 0.0337 e. The molecule has 2 heteroatoms. The van der Waals surface area contributed by atoms with Crippen LogP contribution in [0.5, 0.6) is 0 Å². The van der Waals surface area contributed by atoms with Crippen molar-refractivity contribution in [1.82, 2.24) is 10.2 Å². The number of unbranched alkanes of at least 4 members (excludes halogenated alkanes) is 1. The molecule has 0 radical (unpaired) electrons. The number of nitrogens with zero attached hydrogens (tertiary/aromatic N) is 1. The van der Waals surface area contributed by atoms with Crippen molar-refractivity contribution in [2.45, 2.75) is 51.5 Å². The molecule has 0 aromatic heterocycles. The van der Waals surface area contributed by atoms with Crippen LogP contribution >= 0.6 is 0 Å². The molecule has 0 aliphatic carbocycles. The smallest absolute Gasteiger partial charge is 0.0337 e. The highest BCUT2D eigenvalue weighted by molar-refractivity contribution is 5.00. The van der Waals surface area contributed by atoms with E-state index in [4.69, 9.17) is 0 Å². The fourth-order valence-corrected chi connectivity index (χ4v) is 3.47. The maximum atomic E-state index is 3.63. The summed E-state index contributed by atoms with van der Waals surface area (Å²) in [6.07, 6.45) is 6.96. The number of hydrogen-bond acceptors (Lipinski definition) is 2. The molecule has 2 aliphatic rings. The summed E-state index contributed by atoms with van der Waals surface area (Å²) in [5.74, 6) is 0.862. The van der Waals surface area contributed by atoms with E-state index in [1.165, 1.54) is 58.3 Å². The minimum Gasteiger partial charge on any atom is -0.315 e. The van der Waals surface area contributed by atoms with Gasteiger partial charge in [-0.1, -0.05) is 20.3 Å². The first-order chi connectivity index (χ1) is 7.27. The molecule has 2 nitrogen and oxygen atoms in total. The second-order valence-corrected chi connectivity index (χ2v) is 5.61. The van der Waals surface area contributed by atoms with Gasteiger partial charge in [-0.05, 0) is 51.2 Å². The normalized spacial score (nSPS) is 37.6. The molecule has 1 N–H and O–H groups in total. The quantitative estimate of drug-likeness (QED) is 0.768. The molecular formula is C13H26N2. The van der Waals surface area contributed by atoms with Crippen molar-refractivity contribution in [1.29, 1.82) is 0 Å². The van der Waals surface area contributed by atoms with Crippen molar-refractivity contribution in [3.05, 3.63) is 0 Å². The van der Waals surface area contributed by atoms with Gasteiger partial charge in [0.25, 0.3) is 0 Å². The zero-order chi connectivity index (χ0) is 10.7. The Morgan fingerprint density at radius 1 is 1.47 bits per heavy atom. The lowest BCUT2D eigenvalue weighted by Crippen LogP contribution is -2.56. The summed E-state index contributed by atoms with van der Waals surface area (Å²) in [5.41, 5.74) is 0.535. The first kappa shape index (κ1) is 11.4. The van der Waals surface area contributed by atoms with Crippen LogP contribution < -0.4 is 5.32 Å². The molecule has 15 heavy (non-hydrogen) atoms. The van der Waals surface area contributed by atoms with Gasteiger partial charge in [0, 0.05) is 12.1 Å². The summed E-state index contributed by atoms with van der Waals surface area (Å²) in [5, 5.41) is 3.63. The predicted octanol–water partition coefficient (Wildman–Crippen LogP) is 2.25. The Balaban J connectivity index is 1.97. The fourth-order valence-electron chi connectivity index (χ4n) is 3.47. The molecule has 2 atom stereocenters. The molecular weight excluding hydrogens is 184 g/mol. The van der Waals surface area contributed by atoms with E-state index in [9.17, 15) is 0 Å². The molecule has 2 rings (SSSR count). The van der Waals surface area contributed by atoms with Crippen LogP contribution in [0.1, 0.15) is 46.0 Å². The van der Waals surface area contributed by atoms with Crippen molar-refractivity contribution in [2.75, 3.05) is 26.2 Å². The van der Waals surface area contributed by atoms with Gasteiger partial charge in [-0.3, -0.25) is 4.90 Å². The molecule has 88 valence electrons. The molecule has 0 saturated carbocycles. The Bertz CT molecular complexity index is 205. The lowest BCUT2D eigenvalue weighted by atomic mass is 9.82. The van der Waals surface area contributed by atoms with Gasteiger partial charge in [-0.2, -0.15) is 0 Å². The van der Waals surface area contributed by atoms with Crippen LogP contribution in [0, 0.1) is 5.92 Å². The molecule has 0 aromatic rings. The third-order valence-electron chi connectivity index (χ3n) is 4.20. The standard InChI is InChI=1S/C13H26N2/c1-3-4-7-15-8-5-6-13(15)9-12(2)10-14-11-13/h12,14H,3-11H2,1-2H3. The van der Waals surface area contributed by atoms with E-state index in [2.05, 4.69) is 24.1 Å². The highest BCUT2D eigenvalue weighted by Crippen LogP contribution is 2.36. The lowest BCUT2D eigenvalue weighted by Gasteiger charge is -2.44. The number of hydrogen-bond donors (Lipinski definition) is 1. The van der Waals surface area contributed by atoms with E-state index < -0.39 is 0 Å². The van der Waals surface area contributed by atoms with Crippen molar-refractivity contribution < 1.29 is 0 Å². The van der Waals surface area contributed by atoms with E-state index in [0.717, 1.165) is 5.92 Å². The average Bonchev–Trinajstić information content (AvgIpc) is 2.58. The zero-order valence-electron chi connectivity index (χ0n) is 10.4. The largest absolute Gasteiger partial charge is 0.315 e. The SMILES string of the molecule is CCCCN1CCCC12CNCC(C)C2. The fraction of sp³-hybridized carbons (Fsp3) is 1.00. The molecule has 2 heterocycles. The number of rotatable bonds is 3. The number of nitrogens with one attached hydrogen (secondary N) is 1. The zero-order valence-corrected chi connectivity index (χ0v) is 10.4. The van der Waals surface area contributed by atoms with Crippen LogP contribution in [0.4, 0.5) is 0 Å². The van der Waals surface area contributed by atoms with Crippen molar-refractivity contribution >= 4 is 0 Å². The minimum atomic E-state index is 0.535. The van der Waals surface area contributed by atoms with Gasteiger partial charge in [0.15, 0.2) is 0 Å². The Hall–Kier alpha value is -0.0800. The lowest BCUT2D eigenvalue weighted by molar-refractivity contribution is 0.0830. The van der Waals surface area contributed by atoms with E-state index in [0.29, 0.717) is 5.54 Å². The van der Waals surface area contributed by atoms with E-state index in [1.54, 1.807) is 0 Å². The van der Waals surface area contributed by atoms with Crippen molar-refractivity contribution in [2.24, 2.45) is 5.92 Å². The second-order valence-electron chi connectivity index (χ2n) is 5.61. The van der Waals surface area contributed by atoms with Crippen molar-refractivity contribution in [3.63, 3.8) is 0 Å². The first-order valence-electron chi connectivity index (χ1n) is 6.72. The van der Waals surface area contributed by atoms with Gasteiger partial charge in [0.2, 0.25) is 0 Å². The predicted molar refractivity (Wildman–Crippen MR) is 65.1 cm³/mol. The molecule has 2 aliphatic heterocycles. The summed E-state index contributed by atoms with van der Waals surface area (Å²) in [6.45, 7) is 9.82. The minimum absolute atomic E-state index is 0.535. The van der Waals surface area contributed by atoms with Gasteiger partial charge in [-0.15, -0.1) is 0 Å². The van der Waals surface area contributed by atoms with Crippen LogP contribution in [-0.2, 0) is 0 Å². The van der Waals surface area contributed by atoms with E-state index >= 15 is 0 Å². The van der Waals surface area contributed by atoms with Crippen LogP contribution in [0.25, 0.3) is 0 Å². The van der Waals surface area contributed by atoms with E-state index in [-0.39, 0.29) is 0 Å². The van der Waals surface area contributed by atoms with Crippen LogP contribution in [0.3, 0.4) is 0 Å². The third kappa shape index (κ3) is 2.36. The van der Waals surface area contributed by atoms with Gasteiger partial charge in [-0.25, -0.2) is 0 Å². The summed E-state index contributed by atoms with van der Waals surface area (Å²) in [4.78, 5) is 2.78. The summed E-state index contributed by atoms with van der Waals surface area (Å²) < 4.78 is 0. The van der Waals surface area contributed by atoms with Gasteiger partial charge < -0.3 is 5.32 Å². The highest BCUT2D eigenvalue weighted by atomic mass is 15.2. The highest BCUT2D eigenvalue weighted by Gasteiger charge is 2.42. The van der Waals surface area contributed by atoms with Crippen LogP contribution in [-0.4, -0.2) is 36.6 Å².